The number of hydrogen-bond donors (Lipinski definition) is 0. The Labute approximate surface area is 135 Å². The second kappa shape index (κ2) is 14.9. The molecule has 0 saturated carbocycles. The van der Waals surface area contributed by atoms with E-state index >= 15 is 0 Å². The number of rotatable bonds is 15. The van der Waals surface area contributed by atoms with Crippen LogP contribution in [0, 0.1) is 0 Å². The fourth-order valence-electron chi connectivity index (χ4n) is 3.35. The first kappa shape index (κ1) is 21.0. The Bertz CT molecular complexity index is 200. The van der Waals surface area contributed by atoms with Crippen LogP contribution in [-0.4, -0.2) is 23.5 Å². The lowest BCUT2D eigenvalue weighted by molar-refractivity contribution is 0.152. The fraction of sp³-hybridized carbons (Fsp3) is 1.00. The SMILES string of the molecule is CCCCCCCCCCCCN(C(C)C)C(C)CCC. The van der Waals surface area contributed by atoms with Crippen molar-refractivity contribution in [1.29, 1.82) is 0 Å². The van der Waals surface area contributed by atoms with Gasteiger partial charge in [-0.25, -0.2) is 0 Å². The summed E-state index contributed by atoms with van der Waals surface area (Å²) in [6, 6.07) is 1.46. The summed E-state index contributed by atoms with van der Waals surface area (Å²) >= 11 is 0. The van der Waals surface area contributed by atoms with Crippen LogP contribution in [0.5, 0.6) is 0 Å². The third-order valence-corrected chi connectivity index (χ3v) is 4.71. The van der Waals surface area contributed by atoms with Crippen molar-refractivity contribution < 1.29 is 0 Å². The quantitative estimate of drug-likeness (QED) is 0.300. The first-order valence-corrected chi connectivity index (χ1v) is 9.89. The van der Waals surface area contributed by atoms with Crippen molar-refractivity contribution in [2.75, 3.05) is 6.54 Å². The van der Waals surface area contributed by atoms with E-state index in [1.807, 2.05) is 0 Å². The van der Waals surface area contributed by atoms with Crippen molar-refractivity contribution in [3.8, 4) is 0 Å². The molecule has 0 heterocycles. The molecule has 1 nitrogen and oxygen atoms in total. The molecule has 1 unspecified atom stereocenters. The highest BCUT2D eigenvalue weighted by Gasteiger charge is 2.15. The smallest absolute Gasteiger partial charge is 0.00695 e. The van der Waals surface area contributed by atoms with Gasteiger partial charge in [0.1, 0.15) is 0 Å². The lowest BCUT2D eigenvalue weighted by atomic mass is 10.1. The Balaban J connectivity index is 3.50. The van der Waals surface area contributed by atoms with E-state index in [9.17, 15) is 0 Å². The molecule has 21 heavy (non-hydrogen) atoms. The largest absolute Gasteiger partial charge is 0.298 e. The summed E-state index contributed by atoms with van der Waals surface area (Å²) in [5.41, 5.74) is 0. The highest BCUT2D eigenvalue weighted by atomic mass is 15.2. The van der Waals surface area contributed by atoms with Crippen LogP contribution in [0.15, 0.2) is 0 Å². The number of nitrogens with zero attached hydrogens (tertiary/aromatic N) is 1. The predicted molar refractivity (Wildman–Crippen MR) is 98.1 cm³/mol. The molecule has 0 N–H and O–H groups in total. The Morgan fingerprint density at radius 3 is 1.52 bits per heavy atom. The molecule has 0 rings (SSSR count). The highest BCUT2D eigenvalue weighted by molar-refractivity contribution is 4.70. The summed E-state index contributed by atoms with van der Waals surface area (Å²) in [5, 5.41) is 0. The molecule has 0 aliphatic heterocycles. The van der Waals surface area contributed by atoms with Gasteiger partial charge in [-0.2, -0.15) is 0 Å². The summed E-state index contributed by atoms with van der Waals surface area (Å²) in [6.45, 7) is 13.0. The Hall–Kier alpha value is -0.0400. The van der Waals surface area contributed by atoms with Crippen LogP contribution in [0.1, 0.15) is 112 Å². The van der Waals surface area contributed by atoms with Gasteiger partial charge in [0.15, 0.2) is 0 Å². The van der Waals surface area contributed by atoms with Gasteiger partial charge in [-0.15, -0.1) is 0 Å². The van der Waals surface area contributed by atoms with Gasteiger partial charge in [0.25, 0.3) is 0 Å². The van der Waals surface area contributed by atoms with E-state index in [0.717, 1.165) is 6.04 Å². The van der Waals surface area contributed by atoms with E-state index in [1.165, 1.54) is 83.6 Å². The molecule has 1 atom stereocenters. The monoisotopic (exact) mass is 297 g/mol. The predicted octanol–water partition coefficient (Wildman–Crippen LogP) is 6.81. The van der Waals surface area contributed by atoms with E-state index in [-0.39, 0.29) is 0 Å². The molecule has 0 fully saturated rings. The second-order valence-electron chi connectivity index (χ2n) is 7.15. The van der Waals surface area contributed by atoms with Gasteiger partial charge in [-0.1, -0.05) is 78.1 Å². The minimum Gasteiger partial charge on any atom is -0.298 e. The zero-order valence-corrected chi connectivity index (χ0v) is 15.8. The van der Waals surface area contributed by atoms with Crippen LogP contribution in [0.3, 0.4) is 0 Å². The lowest BCUT2D eigenvalue weighted by Gasteiger charge is -2.32. The summed E-state index contributed by atoms with van der Waals surface area (Å²) in [4.78, 5) is 2.70. The molecule has 0 aliphatic rings. The highest BCUT2D eigenvalue weighted by Crippen LogP contribution is 2.14. The van der Waals surface area contributed by atoms with E-state index < -0.39 is 0 Å². The molecule has 1 heteroatoms. The summed E-state index contributed by atoms with van der Waals surface area (Å²) < 4.78 is 0. The minimum atomic E-state index is 0.699. The van der Waals surface area contributed by atoms with Gasteiger partial charge < -0.3 is 0 Å². The topological polar surface area (TPSA) is 3.24 Å². The third-order valence-electron chi connectivity index (χ3n) is 4.71. The molecule has 0 aromatic carbocycles. The van der Waals surface area contributed by atoms with E-state index in [4.69, 9.17) is 0 Å². The van der Waals surface area contributed by atoms with Gasteiger partial charge >= 0.3 is 0 Å². The van der Waals surface area contributed by atoms with Gasteiger partial charge in [-0.3, -0.25) is 4.90 Å². The van der Waals surface area contributed by atoms with Gasteiger partial charge in [0.2, 0.25) is 0 Å². The number of unbranched alkanes of at least 4 members (excludes halogenated alkanes) is 9. The molecule has 128 valence electrons. The molecule has 0 saturated heterocycles. The zero-order chi connectivity index (χ0) is 15.9. The summed E-state index contributed by atoms with van der Waals surface area (Å²) in [6.07, 6.45) is 17.0. The molecule has 0 aliphatic carbocycles. The molecule has 0 bridgehead atoms. The Morgan fingerprint density at radius 1 is 0.619 bits per heavy atom. The van der Waals surface area contributed by atoms with Crippen LogP contribution in [0.4, 0.5) is 0 Å². The van der Waals surface area contributed by atoms with Crippen molar-refractivity contribution >= 4 is 0 Å². The maximum absolute atomic E-state index is 2.70. The first-order chi connectivity index (χ1) is 10.1. The van der Waals surface area contributed by atoms with Crippen molar-refractivity contribution in [2.24, 2.45) is 0 Å². The normalized spacial score (nSPS) is 13.3. The second-order valence-corrected chi connectivity index (χ2v) is 7.15. The maximum Gasteiger partial charge on any atom is 0.00695 e. The van der Waals surface area contributed by atoms with Crippen molar-refractivity contribution in [3.63, 3.8) is 0 Å². The summed E-state index contributed by atoms with van der Waals surface area (Å²) in [7, 11) is 0. The molecular formula is C20H43N. The fourth-order valence-corrected chi connectivity index (χ4v) is 3.35. The van der Waals surface area contributed by atoms with Crippen molar-refractivity contribution in [2.45, 2.75) is 124 Å². The average Bonchev–Trinajstić information content (AvgIpc) is 2.44. The molecule has 0 spiro atoms. The van der Waals surface area contributed by atoms with Crippen molar-refractivity contribution in [3.05, 3.63) is 0 Å². The van der Waals surface area contributed by atoms with Crippen LogP contribution in [0.25, 0.3) is 0 Å². The average molecular weight is 298 g/mol. The Kier molecular flexibility index (Phi) is 14.9. The van der Waals surface area contributed by atoms with Gasteiger partial charge in [0.05, 0.1) is 0 Å². The van der Waals surface area contributed by atoms with E-state index in [0.29, 0.717) is 6.04 Å². The van der Waals surface area contributed by atoms with Gasteiger partial charge in [-0.05, 0) is 40.2 Å². The van der Waals surface area contributed by atoms with Crippen molar-refractivity contribution in [1.82, 2.24) is 4.90 Å². The molecule has 0 amide bonds. The van der Waals surface area contributed by atoms with Gasteiger partial charge in [0, 0.05) is 12.1 Å². The molecule has 0 aromatic heterocycles. The number of hydrogen-bond acceptors (Lipinski definition) is 1. The molecular weight excluding hydrogens is 254 g/mol. The lowest BCUT2D eigenvalue weighted by Crippen LogP contribution is -2.39. The van der Waals surface area contributed by atoms with E-state index in [1.54, 1.807) is 0 Å². The first-order valence-electron chi connectivity index (χ1n) is 9.89. The van der Waals surface area contributed by atoms with E-state index in [2.05, 4.69) is 39.5 Å². The van der Waals surface area contributed by atoms with Crippen LogP contribution >= 0.6 is 0 Å². The van der Waals surface area contributed by atoms with Crippen LogP contribution in [0.2, 0.25) is 0 Å². The standard InChI is InChI=1S/C20H43N/c1-6-8-9-10-11-12-13-14-15-16-18-21(19(3)4)20(5)17-7-2/h19-20H,6-18H2,1-5H3. The molecule has 0 radical (unpaired) electrons. The summed E-state index contributed by atoms with van der Waals surface area (Å²) in [5.74, 6) is 0. The third kappa shape index (κ3) is 12.2. The minimum absolute atomic E-state index is 0.699. The Morgan fingerprint density at radius 2 is 1.10 bits per heavy atom. The zero-order valence-electron chi connectivity index (χ0n) is 15.8. The maximum atomic E-state index is 2.70. The molecule has 0 aromatic rings. The van der Waals surface area contributed by atoms with Crippen LogP contribution < -0.4 is 0 Å². The van der Waals surface area contributed by atoms with Crippen LogP contribution in [-0.2, 0) is 0 Å².